The highest BCUT2D eigenvalue weighted by molar-refractivity contribution is 7.89. The van der Waals surface area contributed by atoms with Crippen LogP contribution in [0.5, 0.6) is 5.75 Å². The molecule has 0 aromatic heterocycles. The Morgan fingerprint density at radius 3 is 2.23 bits per heavy atom. The Balaban J connectivity index is 2.23. The van der Waals surface area contributed by atoms with Crippen molar-refractivity contribution in [3.63, 3.8) is 0 Å². The molecule has 22 heavy (non-hydrogen) atoms. The molecule has 2 aromatic rings. The van der Waals surface area contributed by atoms with Crippen molar-refractivity contribution in [2.75, 3.05) is 7.11 Å². The molecule has 0 heterocycles. The number of aryl methyl sites for hydroxylation is 2. The van der Waals surface area contributed by atoms with Crippen LogP contribution < -0.4 is 9.46 Å². The molecule has 0 aliphatic heterocycles. The van der Waals surface area contributed by atoms with Gasteiger partial charge in [0.2, 0.25) is 10.0 Å². The third kappa shape index (κ3) is 3.67. The molecule has 0 fully saturated rings. The minimum atomic E-state index is -3.57. The fraction of sp³-hybridized carbons (Fsp3) is 0.294. The second-order valence-corrected chi connectivity index (χ2v) is 7.09. The number of sulfonamides is 1. The molecule has 2 aromatic carbocycles. The first kappa shape index (κ1) is 16.5. The standard InChI is InChI=1S/C17H21NO3S/c1-12-5-10-17(13(2)11-12)14(3)18-22(19,20)16-8-6-15(21-4)7-9-16/h5-11,14,18H,1-4H3. The summed E-state index contributed by atoms with van der Waals surface area (Å²) in [5.74, 6) is 0.626. The number of hydrogen-bond donors (Lipinski definition) is 1. The van der Waals surface area contributed by atoms with Gasteiger partial charge in [0.05, 0.1) is 12.0 Å². The van der Waals surface area contributed by atoms with Crippen LogP contribution in [0.1, 0.15) is 29.7 Å². The van der Waals surface area contributed by atoms with E-state index in [2.05, 4.69) is 4.72 Å². The highest BCUT2D eigenvalue weighted by atomic mass is 32.2. The maximum atomic E-state index is 12.4. The Morgan fingerprint density at radius 2 is 1.68 bits per heavy atom. The van der Waals surface area contributed by atoms with Gasteiger partial charge < -0.3 is 4.74 Å². The van der Waals surface area contributed by atoms with Crippen LogP contribution in [0.3, 0.4) is 0 Å². The van der Waals surface area contributed by atoms with Crippen molar-refractivity contribution < 1.29 is 13.2 Å². The molecule has 1 atom stereocenters. The van der Waals surface area contributed by atoms with E-state index in [1.165, 1.54) is 12.1 Å². The maximum absolute atomic E-state index is 12.4. The summed E-state index contributed by atoms with van der Waals surface area (Å²) in [6, 6.07) is 12.0. The fourth-order valence-corrected chi connectivity index (χ4v) is 3.65. The van der Waals surface area contributed by atoms with Crippen LogP contribution in [0.15, 0.2) is 47.4 Å². The summed E-state index contributed by atoms with van der Waals surface area (Å²) >= 11 is 0. The second kappa shape index (κ2) is 6.50. The van der Waals surface area contributed by atoms with E-state index in [1.807, 2.05) is 39.0 Å². The van der Waals surface area contributed by atoms with E-state index in [1.54, 1.807) is 19.2 Å². The number of benzene rings is 2. The van der Waals surface area contributed by atoms with Crippen molar-refractivity contribution in [2.45, 2.75) is 31.7 Å². The van der Waals surface area contributed by atoms with Gasteiger partial charge in [0.1, 0.15) is 5.75 Å². The molecule has 4 nitrogen and oxygen atoms in total. The molecular weight excluding hydrogens is 298 g/mol. The van der Waals surface area contributed by atoms with Crippen LogP contribution in [0.25, 0.3) is 0 Å². The van der Waals surface area contributed by atoms with Crippen molar-refractivity contribution in [1.82, 2.24) is 4.72 Å². The largest absolute Gasteiger partial charge is 0.497 e. The third-order valence-corrected chi connectivity index (χ3v) is 5.15. The predicted molar refractivity (Wildman–Crippen MR) is 87.6 cm³/mol. The minimum absolute atomic E-state index is 0.227. The summed E-state index contributed by atoms with van der Waals surface area (Å²) in [5, 5.41) is 0. The molecule has 0 aliphatic carbocycles. The number of nitrogens with one attached hydrogen (secondary N) is 1. The summed E-state index contributed by atoms with van der Waals surface area (Å²) in [6.45, 7) is 5.85. The van der Waals surface area contributed by atoms with Gasteiger partial charge in [-0.25, -0.2) is 13.1 Å². The molecular formula is C17H21NO3S. The van der Waals surface area contributed by atoms with E-state index in [4.69, 9.17) is 4.74 Å². The molecule has 5 heteroatoms. The van der Waals surface area contributed by atoms with E-state index >= 15 is 0 Å². The number of hydrogen-bond acceptors (Lipinski definition) is 3. The fourth-order valence-electron chi connectivity index (χ4n) is 2.43. The van der Waals surface area contributed by atoms with Crippen LogP contribution in [0.4, 0.5) is 0 Å². The summed E-state index contributed by atoms with van der Waals surface area (Å²) in [6.07, 6.45) is 0. The molecule has 0 amide bonds. The lowest BCUT2D eigenvalue weighted by molar-refractivity contribution is 0.414. The van der Waals surface area contributed by atoms with Gasteiger partial charge in [-0.05, 0) is 56.2 Å². The van der Waals surface area contributed by atoms with Gasteiger partial charge >= 0.3 is 0 Å². The Hall–Kier alpha value is -1.85. The zero-order valence-corrected chi connectivity index (χ0v) is 14.1. The molecule has 0 saturated carbocycles. The predicted octanol–water partition coefficient (Wildman–Crippen LogP) is 3.35. The first-order chi connectivity index (χ1) is 10.3. The maximum Gasteiger partial charge on any atom is 0.241 e. The van der Waals surface area contributed by atoms with Crippen LogP contribution >= 0.6 is 0 Å². The van der Waals surface area contributed by atoms with E-state index in [-0.39, 0.29) is 10.9 Å². The molecule has 0 spiro atoms. The topological polar surface area (TPSA) is 55.4 Å². The van der Waals surface area contributed by atoms with Crippen molar-refractivity contribution >= 4 is 10.0 Å². The van der Waals surface area contributed by atoms with Gasteiger partial charge in [0.25, 0.3) is 0 Å². The quantitative estimate of drug-likeness (QED) is 0.919. The van der Waals surface area contributed by atoms with Gasteiger partial charge in [-0.3, -0.25) is 0 Å². The molecule has 0 saturated heterocycles. The average molecular weight is 319 g/mol. The van der Waals surface area contributed by atoms with E-state index < -0.39 is 10.0 Å². The van der Waals surface area contributed by atoms with Crippen molar-refractivity contribution in [3.8, 4) is 5.75 Å². The third-order valence-electron chi connectivity index (χ3n) is 3.59. The SMILES string of the molecule is COc1ccc(S(=O)(=O)NC(C)c2ccc(C)cc2C)cc1. The van der Waals surface area contributed by atoms with Gasteiger partial charge in [-0.2, -0.15) is 0 Å². The lowest BCUT2D eigenvalue weighted by Crippen LogP contribution is -2.27. The summed E-state index contributed by atoms with van der Waals surface area (Å²) in [7, 11) is -2.02. The van der Waals surface area contributed by atoms with Gasteiger partial charge in [0, 0.05) is 6.04 Å². The van der Waals surface area contributed by atoms with Crippen LogP contribution in [0.2, 0.25) is 0 Å². The Morgan fingerprint density at radius 1 is 1.05 bits per heavy atom. The number of rotatable bonds is 5. The van der Waals surface area contributed by atoms with E-state index in [0.717, 1.165) is 16.7 Å². The Kier molecular flexibility index (Phi) is 4.88. The van der Waals surface area contributed by atoms with Crippen molar-refractivity contribution in [3.05, 3.63) is 59.2 Å². The number of ether oxygens (including phenoxy) is 1. The molecule has 1 N–H and O–H groups in total. The highest BCUT2D eigenvalue weighted by Crippen LogP contribution is 2.22. The Bertz CT molecular complexity index is 752. The summed E-state index contributed by atoms with van der Waals surface area (Å²) in [4.78, 5) is 0.227. The molecule has 0 bridgehead atoms. The van der Waals surface area contributed by atoms with Crippen LogP contribution in [-0.2, 0) is 10.0 Å². The van der Waals surface area contributed by atoms with Gasteiger partial charge in [0.15, 0.2) is 0 Å². The summed E-state index contributed by atoms with van der Waals surface area (Å²) < 4.78 is 32.6. The van der Waals surface area contributed by atoms with E-state index in [9.17, 15) is 8.42 Å². The highest BCUT2D eigenvalue weighted by Gasteiger charge is 2.19. The summed E-state index contributed by atoms with van der Waals surface area (Å²) in [5.41, 5.74) is 3.21. The van der Waals surface area contributed by atoms with Crippen LogP contribution in [0, 0.1) is 13.8 Å². The minimum Gasteiger partial charge on any atom is -0.497 e. The first-order valence-electron chi connectivity index (χ1n) is 7.07. The van der Waals surface area contributed by atoms with Gasteiger partial charge in [-0.15, -0.1) is 0 Å². The second-order valence-electron chi connectivity index (χ2n) is 5.38. The molecule has 1 unspecified atom stereocenters. The molecule has 118 valence electrons. The zero-order chi connectivity index (χ0) is 16.3. The van der Waals surface area contributed by atoms with E-state index in [0.29, 0.717) is 5.75 Å². The smallest absolute Gasteiger partial charge is 0.241 e. The Labute approximate surface area is 132 Å². The lowest BCUT2D eigenvalue weighted by atomic mass is 10.0. The zero-order valence-electron chi connectivity index (χ0n) is 13.3. The first-order valence-corrected chi connectivity index (χ1v) is 8.55. The van der Waals surface area contributed by atoms with Crippen molar-refractivity contribution in [1.29, 1.82) is 0 Å². The molecule has 0 aliphatic rings. The van der Waals surface area contributed by atoms with Gasteiger partial charge in [-0.1, -0.05) is 23.8 Å². The average Bonchev–Trinajstić information content (AvgIpc) is 2.46. The lowest BCUT2D eigenvalue weighted by Gasteiger charge is -2.17. The number of methoxy groups -OCH3 is 1. The van der Waals surface area contributed by atoms with Crippen molar-refractivity contribution in [2.24, 2.45) is 0 Å². The van der Waals surface area contributed by atoms with Crippen LogP contribution in [-0.4, -0.2) is 15.5 Å². The monoisotopic (exact) mass is 319 g/mol. The molecule has 2 rings (SSSR count). The normalized spacial score (nSPS) is 12.9. The molecule has 0 radical (unpaired) electrons.